The molecule has 2 aromatic heterocycles. The zero-order chi connectivity index (χ0) is 29.7. The molecule has 0 aliphatic rings. The molecule has 45 heavy (non-hydrogen) atoms. The Bertz CT molecular complexity index is 2470. The van der Waals surface area contributed by atoms with Gasteiger partial charge in [0.25, 0.3) is 0 Å². The lowest BCUT2D eigenvalue weighted by Gasteiger charge is -2.11. The number of nitrogens with zero attached hydrogens (tertiary/aromatic N) is 2. The van der Waals surface area contributed by atoms with Crippen LogP contribution in [0.15, 0.2) is 162 Å². The third kappa shape index (κ3) is 4.29. The third-order valence-electron chi connectivity index (χ3n) is 8.68. The number of fused-ring (bicyclic) bond motifs is 6. The Morgan fingerprint density at radius 1 is 0.378 bits per heavy atom. The summed E-state index contributed by atoms with van der Waals surface area (Å²) in [7, 11) is 0. The second-order valence-electron chi connectivity index (χ2n) is 11.4. The van der Waals surface area contributed by atoms with Crippen molar-refractivity contribution in [1.82, 2.24) is 9.97 Å². The van der Waals surface area contributed by atoms with E-state index >= 15 is 0 Å². The Hall–Kier alpha value is -6.06. The van der Waals surface area contributed by atoms with Gasteiger partial charge in [-0.05, 0) is 63.0 Å². The molecule has 0 aliphatic heterocycles. The number of hydrogen-bond acceptors (Lipinski definition) is 3. The molecule has 210 valence electrons. The number of para-hydroxylation sites is 1. The minimum Gasteiger partial charge on any atom is -0.455 e. The van der Waals surface area contributed by atoms with Crippen molar-refractivity contribution >= 4 is 43.5 Å². The smallest absolute Gasteiger partial charge is 0.160 e. The van der Waals surface area contributed by atoms with Crippen molar-refractivity contribution < 1.29 is 4.42 Å². The average molecular weight is 575 g/mol. The van der Waals surface area contributed by atoms with Gasteiger partial charge in [0.15, 0.2) is 5.82 Å². The highest BCUT2D eigenvalue weighted by Crippen LogP contribution is 2.40. The predicted molar refractivity (Wildman–Crippen MR) is 186 cm³/mol. The molecule has 0 unspecified atom stereocenters. The van der Waals surface area contributed by atoms with E-state index in [9.17, 15) is 0 Å². The van der Waals surface area contributed by atoms with E-state index in [4.69, 9.17) is 14.4 Å². The highest BCUT2D eigenvalue weighted by atomic mass is 16.3. The first-order valence-electron chi connectivity index (χ1n) is 15.2. The van der Waals surface area contributed by atoms with Crippen LogP contribution in [0.5, 0.6) is 0 Å². The fraction of sp³-hybridized carbons (Fsp3) is 0. The van der Waals surface area contributed by atoms with E-state index in [1.807, 2.05) is 48.5 Å². The minimum atomic E-state index is 0.686. The van der Waals surface area contributed by atoms with E-state index in [-0.39, 0.29) is 0 Å². The monoisotopic (exact) mass is 574 g/mol. The van der Waals surface area contributed by atoms with E-state index < -0.39 is 0 Å². The SMILES string of the molecule is c1ccc(-c2cc(-c3cccc4c3oc3cc(-c5cc6ccccc6c6ccccc56)ccc34)nc(-c3ccccc3)n2)cc1. The molecule has 0 amide bonds. The molecule has 0 fully saturated rings. The van der Waals surface area contributed by atoms with Gasteiger partial charge >= 0.3 is 0 Å². The van der Waals surface area contributed by atoms with Crippen molar-refractivity contribution in [2.24, 2.45) is 0 Å². The zero-order valence-electron chi connectivity index (χ0n) is 24.3. The summed E-state index contributed by atoms with van der Waals surface area (Å²) >= 11 is 0. The second-order valence-corrected chi connectivity index (χ2v) is 11.4. The highest BCUT2D eigenvalue weighted by molar-refractivity contribution is 6.15. The molecule has 0 spiro atoms. The van der Waals surface area contributed by atoms with E-state index in [2.05, 4.69) is 109 Å². The lowest BCUT2D eigenvalue weighted by atomic mass is 9.93. The van der Waals surface area contributed by atoms with E-state index in [1.54, 1.807) is 0 Å². The molecule has 9 aromatic rings. The predicted octanol–water partition coefficient (Wildman–Crippen LogP) is 11.4. The molecule has 2 heterocycles. The summed E-state index contributed by atoms with van der Waals surface area (Å²) in [5.41, 5.74) is 8.66. The van der Waals surface area contributed by atoms with Gasteiger partial charge in [0, 0.05) is 27.5 Å². The summed E-state index contributed by atoms with van der Waals surface area (Å²) in [5, 5.41) is 7.13. The number of rotatable bonds is 4. The van der Waals surface area contributed by atoms with Crippen LogP contribution in [-0.2, 0) is 0 Å². The van der Waals surface area contributed by atoms with E-state index in [1.165, 1.54) is 27.1 Å². The van der Waals surface area contributed by atoms with Gasteiger partial charge in [-0.25, -0.2) is 9.97 Å². The topological polar surface area (TPSA) is 38.9 Å². The molecule has 0 radical (unpaired) electrons. The molecule has 0 atom stereocenters. The molecule has 7 aromatic carbocycles. The van der Waals surface area contributed by atoms with Crippen LogP contribution in [0.1, 0.15) is 0 Å². The first-order chi connectivity index (χ1) is 22.3. The van der Waals surface area contributed by atoms with Crippen LogP contribution in [0.4, 0.5) is 0 Å². The maximum absolute atomic E-state index is 6.73. The quantitative estimate of drug-likeness (QED) is 0.196. The summed E-state index contributed by atoms with van der Waals surface area (Å²) < 4.78 is 6.73. The fourth-order valence-electron chi connectivity index (χ4n) is 6.52. The number of benzene rings is 7. The normalized spacial score (nSPS) is 11.6. The lowest BCUT2D eigenvalue weighted by Crippen LogP contribution is -1.96. The van der Waals surface area contributed by atoms with Crippen molar-refractivity contribution in [1.29, 1.82) is 0 Å². The second kappa shape index (κ2) is 10.3. The molecule has 3 nitrogen and oxygen atoms in total. The molecule has 9 rings (SSSR count). The Morgan fingerprint density at radius 3 is 1.87 bits per heavy atom. The van der Waals surface area contributed by atoms with Gasteiger partial charge < -0.3 is 4.42 Å². The van der Waals surface area contributed by atoms with Crippen molar-refractivity contribution in [3.8, 4) is 45.0 Å². The van der Waals surface area contributed by atoms with Gasteiger partial charge in [-0.1, -0.05) is 127 Å². The largest absolute Gasteiger partial charge is 0.455 e. The molecule has 0 saturated carbocycles. The van der Waals surface area contributed by atoms with Crippen molar-refractivity contribution in [2.75, 3.05) is 0 Å². The van der Waals surface area contributed by atoms with Crippen LogP contribution >= 0.6 is 0 Å². The number of hydrogen-bond donors (Lipinski definition) is 0. The molecule has 0 saturated heterocycles. The zero-order valence-corrected chi connectivity index (χ0v) is 24.3. The van der Waals surface area contributed by atoms with Crippen LogP contribution in [0.3, 0.4) is 0 Å². The van der Waals surface area contributed by atoms with Gasteiger partial charge in [-0.3, -0.25) is 0 Å². The molecule has 0 bridgehead atoms. The maximum atomic E-state index is 6.73. The van der Waals surface area contributed by atoms with E-state index in [0.29, 0.717) is 5.82 Å². The summed E-state index contributed by atoms with van der Waals surface area (Å²) in [6.07, 6.45) is 0. The summed E-state index contributed by atoms with van der Waals surface area (Å²) in [4.78, 5) is 10.0. The fourth-order valence-corrected chi connectivity index (χ4v) is 6.52. The standard InChI is InChI=1S/C42H26N2O/c1-3-12-27(13-4-1)38-26-39(44-42(43-38)28-14-5-2-6-15-28)36-21-11-20-35-34-23-22-30(25-40(34)45-41(35)36)37-24-29-16-7-8-17-31(29)32-18-9-10-19-33(32)37/h1-26H. The molecular formula is C42H26N2O. The van der Waals surface area contributed by atoms with Crippen LogP contribution in [0.25, 0.3) is 88.5 Å². The van der Waals surface area contributed by atoms with Crippen LogP contribution < -0.4 is 0 Å². The first kappa shape index (κ1) is 25.4. The molecule has 3 heteroatoms. The molecule has 0 N–H and O–H groups in total. The van der Waals surface area contributed by atoms with Crippen molar-refractivity contribution in [3.05, 3.63) is 158 Å². The first-order valence-corrected chi connectivity index (χ1v) is 15.2. The summed E-state index contributed by atoms with van der Waals surface area (Å²) in [5.74, 6) is 0.686. The molecular weight excluding hydrogens is 548 g/mol. The van der Waals surface area contributed by atoms with Gasteiger partial charge in [-0.2, -0.15) is 0 Å². The highest BCUT2D eigenvalue weighted by Gasteiger charge is 2.17. The Balaban J connectivity index is 1.24. The van der Waals surface area contributed by atoms with Gasteiger partial charge in [0.05, 0.1) is 11.4 Å². The van der Waals surface area contributed by atoms with Crippen LogP contribution in [0, 0.1) is 0 Å². The van der Waals surface area contributed by atoms with Crippen LogP contribution in [-0.4, -0.2) is 9.97 Å². The molecule has 0 aliphatic carbocycles. The van der Waals surface area contributed by atoms with Crippen molar-refractivity contribution in [3.63, 3.8) is 0 Å². The Labute approximate surface area is 260 Å². The average Bonchev–Trinajstić information content (AvgIpc) is 3.50. The van der Waals surface area contributed by atoms with Crippen LogP contribution in [0.2, 0.25) is 0 Å². The Kier molecular flexibility index (Phi) is 5.82. The number of aromatic nitrogens is 2. The third-order valence-corrected chi connectivity index (χ3v) is 8.68. The van der Waals surface area contributed by atoms with Crippen molar-refractivity contribution in [2.45, 2.75) is 0 Å². The summed E-state index contributed by atoms with van der Waals surface area (Å²) in [6, 6.07) is 54.9. The van der Waals surface area contributed by atoms with Gasteiger partial charge in [0.1, 0.15) is 11.2 Å². The maximum Gasteiger partial charge on any atom is 0.160 e. The lowest BCUT2D eigenvalue weighted by molar-refractivity contribution is 0.670. The van der Waals surface area contributed by atoms with Gasteiger partial charge in [0.2, 0.25) is 0 Å². The minimum absolute atomic E-state index is 0.686. The van der Waals surface area contributed by atoms with Gasteiger partial charge in [-0.15, -0.1) is 0 Å². The Morgan fingerprint density at radius 2 is 1.04 bits per heavy atom. The number of furan rings is 1. The summed E-state index contributed by atoms with van der Waals surface area (Å²) in [6.45, 7) is 0. The van der Waals surface area contributed by atoms with E-state index in [0.717, 1.165) is 55.6 Å².